The number of phenolic OH excluding ortho intramolecular Hbond substituents is 1. The molecule has 0 fully saturated rings. The molecule has 5 rings (SSSR count). The van der Waals surface area contributed by atoms with Crippen molar-refractivity contribution in [2.24, 2.45) is 0 Å². The largest absolute Gasteiger partial charge is 0.504 e. The third-order valence-electron chi connectivity index (χ3n) is 6.20. The summed E-state index contributed by atoms with van der Waals surface area (Å²) < 4.78 is 17.4. The number of aromatic hydroxyl groups is 1. The van der Waals surface area contributed by atoms with Gasteiger partial charge in [-0.2, -0.15) is 0 Å². The van der Waals surface area contributed by atoms with Gasteiger partial charge in [0.2, 0.25) is 0 Å². The Morgan fingerprint density at radius 2 is 1.97 bits per heavy atom. The number of ether oxygens (including phenoxy) is 3. The SMILES string of the molecule is COc1c(O)ccc2c1-c1ccc3c(c1/C(=C/c1sccc1COCC(=O)O)O2)C(C)=CC(C)(C)N3. The van der Waals surface area contributed by atoms with Crippen molar-refractivity contribution in [3.8, 4) is 28.4 Å². The number of benzene rings is 2. The summed E-state index contributed by atoms with van der Waals surface area (Å²) in [5, 5.41) is 25.0. The molecule has 186 valence electrons. The van der Waals surface area contributed by atoms with E-state index in [2.05, 4.69) is 38.2 Å². The van der Waals surface area contributed by atoms with Crippen molar-refractivity contribution in [3.05, 3.63) is 63.4 Å². The molecule has 36 heavy (non-hydrogen) atoms. The molecule has 3 aromatic rings. The molecule has 0 aliphatic carbocycles. The fourth-order valence-electron chi connectivity index (χ4n) is 4.91. The summed E-state index contributed by atoms with van der Waals surface area (Å²) >= 11 is 1.53. The van der Waals surface area contributed by atoms with E-state index in [-0.39, 0.29) is 24.5 Å². The number of phenols is 1. The van der Waals surface area contributed by atoms with Gasteiger partial charge in [0.1, 0.15) is 18.1 Å². The maximum atomic E-state index is 10.9. The topological polar surface area (TPSA) is 97.2 Å². The maximum absolute atomic E-state index is 10.9. The van der Waals surface area contributed by atoms with Crippen molar-refractivity contribution in [2.45, 2.75) is 32.9 Å². The van der Waals surface area contributed by atoms with E-state index in [1.807, 2.05) is 23.6 Å². The molecule has 7 nitrogen and oxygen atoms in total. The molecular weight excluding hydrogens is 478 g/mol. The zero-order chi connectivity index (χ0) is 25.6. The summed E-state index contributed by atoms with van der Waals surface area (Å²) in [5.41, 5.74) is 6.28. The number of carbonyl (C=O) groups is 1. The Bertz CT molecular complexity index is 1430. The highest BCUT2D eigenvalue weighted by atomic mass is 32.1. The van der Waals surface area contributed by atoms with E-state index < -0.39 is 5.97 Å². The molecule has 3 N–H and O–H groups in total. The summed E-state index contributed by atoms with van der Waals surface area (Å²) in [6.45, 7) is 6.16. The molecule has 0 unspecified atom stereocenters. The first-order valence-corrected chi connectivity index (χ1v) is 12.4. The van der Waals surface area contributed by atoms with Crippen LogP contribution in [0, 0.1) is 0 Å². The third kappa shape index (κ3) is 4.23. The third-order valence-corrected chi connectivity index (χ3v) is 7.10. The quantitative estimate of drug-likeness (QED) is 0.365. The Balaban J connectivity index is 1.71. The van der Waals surface area contributed by atoms with Gasteiger partial charge in [0.15, 0.2) is 11.5 Å². The lowest BCUT2D eigenvalue weighted by atomic mass is 9.83. The van der Waals surface area contributed by atoms with Crippen molar-refractivity contribution < 1.29 is 29.2 Å². The van der Waals surface area contributed by atoms with Crippen LogP contribution in [0.3, 0.4) is 0 Å². The molecular formula is C28H27NO6S. The van der Waals surface area contributed by atoms with Crippen LogP contribution < -0.4 is 14.8 Å². The zero-order valence-electron chi connectivity index (χ0n) is 20.5. The van der Waals surface area contributed by atoms with Gasteiger partial charge in [-0.3, -0.25) is 0 Å². The van der Waals surface area contributed by atoms with Gasteiger partial charge in [-0.15, -0.1) is 11.3 Å². The Morgan fingerprint density at radius 1 is 1.17 bits per heavy atom. The first-order chi connectivity index (χ1) is 17.2. The van der Waals surface area contributed by atoms with Crippen LogP contribution in [0.1, 0.15) is 42.3 Å². The minimum Gasteiger partial charge on any atom is -0.504 e. The van der Waals surface area contributed by atoms with Crippen LogP contribution in [0.15, 0.2) is 41.8 Å². The molecule has 0 radical (unpaired) electrons. The van der Waals surface area contributed by atoms with E-state index in [4.69, 9.17) is 19.3 Å². The first kappa shape index (κ1) is 24.0. The normalized spacial score (nSPS) is 16.2. The van der Waals surface area contributed by atoms with E-state index in [0.717, 1.165) is 38.4 Å². The zero-order valence-corrected chi connectivity index (χ0v) is 21.3. The highest BCUT2D eigenvalue weighted by Crippen LogP contribution is 2.54. The van der Waals surface area contributed by atoms with Crippen LogP contribution in [0.25, 0.3) is 28.5 Å². The second-order valence-electron chi connectivity index (χ2n) is 9.38. The Morgan fingerprint density at radius 3 is 2.72 bits per heavy atom. The number of carboxylic acid groups (broad SMARTS) is 1. The molecule has 3 heterocycles. The van der Waals surface area contributed by atoms with Crippen molar-refractivity contribution >= 4 is 40.4 Å². The van der Waals surface area contributed by atoms with Gasteiger partial charge >= 0.3 is 5.97 Å². The fourth-order valence-corrected chi connectivity index (χ4v) is 5.74. The Hall–Kier alpha value is -3.75. The predicted octanol–water partition coefficient (Wildman–Crippen LogP) is 6.23. The predicted molar refractivity (Wildman–Crippen MR) is 142 cm³/mol. The van der Waals surface area contributed by atoms with Crippen LogP contribution in [-0.4, -0.2) is 35.4 Å². The molecule has 2 aromatic carbocycles. The van der Waals surface area contributed by atoms with Gasteiger partial charge in [0.05, 0.1) is 24.8 Å². The van der Waals surface area contributed by atoms with Crippen molar-refractivity contribution in [1.82, 2.24) is 0 Å². The lowest BCUT2D eigenvalue weighted by Gasteiger charge is -2.35. The first-order valence-electron chi connectivity index (χ1n) is 11.5. The molecule has 0 spiro atoms. The maximum Gasteiger partial charge on any atom is 0.329 e. The number of aliphatic carboxylic acids is 1. The lowest BCUT2D eigenvalue weighted by molar-refractivity contribution is -0.142. The Kier molecular flexibility index (Phi) is 6.02. The molecule has 0 bridgehead atoms. The monoisotopic (exact) mass is 505 g/mol. The average molecular weight is 506 g/mol. The van der Waals surface area contributed by atoms with Gasteiger partial charge in [0, 0.05) is 27.3 Å². The number of allylic oxidation sites excluding steroid dienone is 1. The van der Waals surface area contributed by atoms with Crippen molar-refractivity contribution in [2.75, 3.05) is 19.0 Å². The Labute approximate surface area is 213 Å². The van der Waals surface area contributed by atoms with E-state index in [1.54, 1.807) is 12.1 Å². The van der Waals surface area contributed by atoms with Gasteiger partial charge in [-0.25, -0.2) is 4.79 Å². The van der Waals surface area contributed by atoms with Gasteiger partial charge < -0.3 is 29.7 Å². The molecule has 0 atom stereocenters. The van der Waals surface area contributed by atoms with E-state index >= 15 is 0 Å². The van der Waals surface area contributed by atoms with E-state index in [0.29, 0.717) is 22.8 Å². The summed E-state index contributed by atoms with van der Waals surface area (Å²) in [5.74, 6) is 0.622. The molecule has 0 saturated heterocycles. The second kappa shape index (κ2) is 9.04. The van der Waals surface area contributed by atoms with Crippen molar-refractivity contribution in [3.63, 3.8) is 0 Å². The van der Waals surface area contributed by atoms with Gasteiger partial charge in [-0.05, 0) is 67.6 Å². The number of fused-ring (bicyclic) bond motifs is 5. The van der Waals surface area contributed by atoms with Crippen molar-refractivity contribution in [1.29, 1.82) is 0 Å². The summed E-state index contributed by atoms with van der Waals surface area (Å²) in [6.07, 6.45) is 4.16. The van der Waals surface area contributed by atoms with Crippen LogP contribution in [0.2, 0.25) is 0 Å². The van der Waals surface area contributed by atoms with E-state index in [9.17, 15) is 9.90 Å². The highest BCUT2D eigenvalue weighted by Gasteiger charge is 2.33. The second-order valence-corrected chi connectivity index (χ2v) is 10.3. The number of hydrogen-bond donors (Lipinski definition) is 3. The van der Waals surface area contributed by atoms with Gasteiger partial charge in [-0.1, -0.05) is 12.1 Å². The number of thiophene rings is 1. The number of nitrogens with one attached hydrogen (secondary N) is 1. The number of hydrogen-bond acceptors (Lipinski definition) is 7. The lowest BCUT2D eigenvalue weighted by Crippen LogP contribution is -2.32. The fraction of sp³-hybridized carbons (Fsp3) is 0.250. The highest BCUT2D eigenvalue weighted by molar-refractivity contribution is 7.11. The minimum absolute atomic E-state index is 0.0404. The van der Waals surface area contributed by atoms with Gasteiger partial charge in [0.25, 0.3) is 0 Å². The summed E-state index contributed by atoms with van der Waals surface area (Å²) in [7, 11) is 1.53. The summed E-state index contributed by atoms with van der Waals surface area (Å²) in [4.78, 5) is 11.8. The molecule has 2 aliphatic rings. The molecule has 2 aliphatic heterocycles. The van der Waals surface area contributed by atoms with Crippen LogP contribution in [0.5, 0.6) is 17.2 Å². The minimum atomic E-state index is -1.01. The number of anilines is 1. The average Bonchev–Trinajstić information content (AvgIpc) is 3.24. The molecule has 0 amide bonds. The summed E-state index contributed by atoms with van der Waals surface area (Å²) in [6, 6.07) is 9.30. The van der Waals surface area contributed by atoms with E-state index in [1.165, 1.54) is 18.4 Å². The standard InChI is InChI=1S/C28H27NO6S/c1-15-12-28(2,3)29-18-6-5-17-25(24(15)18)21(35-20-8-7-19(30)27(33-4)26(17)20)11-22-16(9-10-36-22)13-34-14-23(31)32/h5-12,29-30H,13-14H2,1-4H3,(H,31,32)/b21-11-. The van der Waals surface area contributed by atoms with Crippen LogP contribution in [-0.2, 0) is 16.1 Å². The number of rotatable bonds is 6. The molecule has 1 aromatic heterocycles. The van der Waals surface area contributed by atoms with Crippen LogP contribution >= 0.6 is 11.3 Å². The van der Waals surface area contributed by atoms with Crippen LogP contribution in [0.4, 0.5) is 5.69 Å². The molecule has 8 heteroatoms. The molecule has 0 saturated carbocycles. The number of methoxy groups -OCH3 is 1. The number of carboxylic acids is 1. The smallest absolute Gasteiger partial charge is 0.329 e.